The van der Waals surface area contributed by atoms with E-state index in [1.807, 2.05) is 6.92 Å². The number of fused-ring (bicyclic) bond motifs is 5. The smallest absolute Gasteiger partial charge is 0.434 e. The fraction of sp³-hybridized carbons (Fsp3) is 0.393. The van der Waals surface area contributed by atoms with E-state index in [-0.39, 0.29) is 64.2 Å². The molecule has 15 heteroatoms. The molecule has 3 aromatic heterocycles. The lowest BCUT2D eigenvalue weighted by molar-refractivity contribution is -0.374. The van der Waals surface area contributed by atoms with Crippen LogP contribution in [0.3, 0.4) is 0 Å². The second kappa shape index (κ2) is 10.2. The Labute approximate surface area is 242 Å². The summed E-state index contributed by atoms with van der Waals surface area (Å²) in [6.07, 6.45) is -2.99. The summed E-state index contributed by atoms with van der Waals surface area (Å²) < 4.78 is 52.5. The number of alkyl halides is 3. The third-order valence-electron chi connectivity index (χ3n) is 7.40. The van der Waals surface area contributed by atoms with Crippen LogP contribution in [0.15, 0.2) is 36.9 Å². The number of hydrogen-bond donors (Lipinski definition) is 4. The number of nitrogens with zero attached hydrogens (tertiary/aromatic N) is 6. The molecule has 0 amide bonds. The summed E-state index contributed by atoms with van der Waals surface area (Å²) in [4.78, 5) is 21.6. The Kier molecular flexibility index (Phi) is 6.87. The van der Waals surface area contributed by atoms with Gasteiger partial charge in [0.2, 0.25) is 5.88 Å². The molecule has 6 rings (SSSR count). The van der Waals surface area contributed by atoms with Crippen molar-refractivity contribution in [1.29, 1.82) is 0 Å². The minimum Gasteiger partial charge on any atom is -0.490 e. The molecule has 4 heterocycles. The molecule has 1 aromatic carbocycles. The van der Waals surface area contributed by atoms with E-state index in [1.165, 1.54) is 31.5 Å². The molecule has 2 bridgehead atoms. The average molecular weight is 601 g/mol. The van der Waals surface area contributed by atoms with Crippen LogP contribution in [0.1, 0.15) is 60.8 Å². The fourth-order valence-corrected chi connectivity index (χ4v) is 5.13. The normalized spacial score (nSPS) is 18.9. The number of aryl methyl sites for hydroxylation is 1. The largest absolute Gasteiger partial charge is 0.490 e. The summed E-state index contributed by atoms with van der Waals surface area (Å²) in [5.74, 6) is 0.138. The van der Waals surface area contributed by atoms with Crippen LogP contribution in [0.4, 0.5) is 13.2 Å². The van der Waals surface area contributed by atoms with E-state index in [4.69, 9.17) is 14.5 Å². The van der Waals surface area contributed by atoms with Gasteiger partial charge < -0.3 is 29.9 Å². The van der Waals surface area contributed by atoms with Crippen molar-refractivity contribution in [3.8, 4) is 34.4 Å². The van der Waals surface area contributed by atoms with Crippen molar-refractivity contribution >= 4 is 0 Å². The second-order valence-corrected chi connectivity index (χ2v) is 10.5. The van der Waals surface area contributed by atoms with Crippen molar-refractivity contribution in [3.63, 3.8) is 0 Å². The zero-order valence-corrected chi connectivity index (χ0v) is 23.0. The highest BCUT2D eigenvalue weighted by Gasteiger charge is 2.40. The molecule has 1 aliphatic heterocycles. The van der Waals surface area contributed by atoms with Gasteiger partial charge in [0.15, 0.2) is 11.5 Å². The van der Waals surface area contributed by atoms with Crippen LogP contribution >= 0.6 is 0 Å². The van der Waals surface area contributed by atoms with Crippen molar-refractivity contribution in [2.45, 2.75) is 56.9 Å². The summed E-state index contributed by atoms with van der Waals surface area (Å²) in [5, 5.41) is 41.4. The highest BCUT2D eigenvalue weighted by atomic mass is 19.4. The van der Waals surface area contributed by atoms with Gasteiger partial charge >= 0.3 is 12.3 Å². The van der Waals surface area contributed by atoms with Gasteiger partial charge in [0.1, 0.15) is 42.3 Å². The zero-order chi connectivity index (χ0) is 30.7. The minimum absolute atomic E-state index is 0.0142. The van der Waals surface area contributed by atoms with E-state index in [0.717, 1.165) is 18.5 Å². The van der Waals surface area contributed by atoms with E-state index in [2.05, 4.69) is 19.9 Å². The van der Waals surface area contributed by atoms with Gasteiger partial charge in [0.25, 0.3) is 0 Å². The van der Waals surface area contributed by atoms with Gasteiger partial charge in [0.05, 0.1) is 11.4 Å². The van der Waals surface area contributed by atoms with Crippen LogP contribution in [-0.4, -0.2) is 63.1 Å². The number of benzene rings is 1. The van der Waals surface area contributed by atoms with Gasteiger partial charge in [-0.2, -0.15) is 13.2 Å². The molecule has 4 N–H and O–H groups in total. The first-order valence-electron chi connectivity index (χ1n) is 13.5. The summed E-state index contributed by atoms with van der Waals surface area (Å²) in [6, 6.07) is 3.99. The van der Waals surface area contributed by atoms with E-state index >= 15 is 0 Å². The maximum absolute atomic E-state index is 13.5. The first kappa shape index (κ1) is 28.9. The Morgan fingerprint density at radius 1 is 1.05 bits per heavy atom. The van der Waals surface area contributed by atoms with Gasteiger partial charge in [-0.05, 0) is 37.8 Å². The van der Waals surface area contributed by atoms with Gasteiger partial charge in [0, 0.05) is 29.4 Å². The molecule has 1 aliphatic carbocycles. The van der Waals surface area contributed by atoms with E-state index < -0.39 is 29.4 Å². The first-order chi connectivity index (χ1) is 20.3. The lowest BCUT2D eigenvalue weighted by Crippen LogP contribution is -2.32. The Hall–Kier alpha value is -4.18. The molecule has 4 aromatic rings. The molecule has 0 radical (unpaired) electrons. The Bertz CT molecular complexity index is 1700. The number of halogens is 3. The highest BCUT2D eigenvalue weighted by Crippen LogP contribution is 2.46. The van der Waals surface area contributed by atoms with Crippen molar-refractivity contribution in [1.82, 2.24) is 29.5 Å². The number of rotatable bonds is 4. The van der Waals surface area contributed by atoms with Crippen LogP contribution < -0.4 is 9.47 Å². The molecular formula is C28H27F3N6O6. The predicted octanol–water partition coefficient (Wildman–Crippen LogP) is 2.83. The highest BCUT2D eigenvalue weighted by molar-refractivity contribution is 5.67. The third kappa shape index (κ3) is 5.29. The zero-order valence-electron chi connectivity index (χ0n) is 23.0. The molecule has 1 unspecified atom stereocenters. The summed E-state index contributed by atoms with van der Waals surface area (Å²) in [6.45, 7) is 3.30. The number of aromatic nitrogens is 6. The van der Waals surface area contributed by atoms with Crippen LogP contribution in [0, 0.1) is 0 Å². The molecule has 1 fully saturated rings. The standard InChI is InChI=1S/C28H27F3N6O6/c1-3-14-11-32-23-20-21(15-4-5-15)33-13-34-25(20)43-9-8-42-18-10-16(6-7-17(18)26(2,38)22(14)36-23)24-35-19(27(29,30)31)12-37(24)28(39,40)41/h6-7,10-13,15,38-41H,3-5,8-9H2,1-2H3. The second-order valence-electron chi connectivity index (χ2n) is 10.5. The molecule has 0 spiro atoms. The summed E-state index contributed by atoms with van der Waals surface area (Å²) in [5.41, 5.74) is -0.956. The van der Waals surface area contributed by atoms with Crippen LogP contribution in [0.25, 0.3) is 22.8 Å². The minimum atomic E-state index is -4.94. The average Bonchev–Trinajstić information content (AvgIpc) is 3.69. The number of imidazole rings is 1. The molecule has 2 aliphatic rings. The molecule has 43 heavy (non-hydrogen) atoms. The van der Waals surface area contributed by atoms with Crippen LogP contribution in [0.5, 0.6) is 11.6 Å². The quantitative estimate of drug-likeness (QED) is 0.254. The van der Waals surface area contributed by atoms with Gasteiger partial charge in [-0.15, -0.1) is 0 Å². The lowest BCUT2D eigenvalue weighted by Gasteiger charge is -2.29. The van der Waals surface area contributed by atoms with Crippen molar-refractivity contribution < 1.29 is 43.1 Å². The van der Waals surface area contributed by atoms with Gasteiger partial charge in [-0.25, -0.2) is 24.9 Å². The molecule has 1 saturated carbocycles. The Balaban J connectivity index is 1.53. The van der Waals surface area contributed by atoms with E-state index in [9.17, 15) is 33.6 Å². The molecule has 12 nitrogen and oxygen atoms in total. The first-order valence-corrected chi connectivity index (χ1v) is 13.5. The maximum atomic E-state index is 13.5. The van der Waals surface area contributed by atoms with Crippen LogP contribution in [-0.2, 0) is 24.3 Å². The van der Waals surface area contributed by atoms with Gasteiger partial charge in [-0.1, -0.05) is 19.1 Å². The molecule has 0 saturated heterocycles. The van der Waals surface area contributed by atoms with Crippen molar-refractivity contribution in [3.05, 3.63) is 65.1 Å². The van der Waals surface area contributed by atoms with Crippen LogP contribution in [0.2, 0.25) is 0 Å². The number of aliphatic hydroxyl groups is 4. The Morgan fingerprint density at radius 2 is 1.79 bits per heavy atom. The molecular weight excluding hydrogens is 573 g/mol. The summed E-state index contributed by atoms with van der Waals surface area (Å²) >= 11 is 0. The topological polar surface area (TPSA) is 169 Å². The monoisotopic (exact) mass is 600 g/mol. The SMILES string of the molecule is CCc1cnc2nc1C(C)(O)c1ccc(-c3nc(C(F)(F)F)cn3C(O)(O)O)cc1OCCOc1ncnc(C3CC3)c1-2. The predicted molar refractivity (Wildman–Crippen MR) is 141 cm³/mol. The van der Waals surface area contributed by atoms with E-state index in [0.29, 0.717) is 17.5 Å². The fourth-order valence-electron chi connectivity index (χ4n) is 5.13. The van der Waals surface area contributed by atoms with E-state index in [1.54, 1.807) is 6.20 Å². The van der Waals surface area contributed by atoms with Gasteiger partial charge in [-0.3, -0.25) is 4.57 Å². The number of hydrogen-bond acceptors (Lipinski definition) is 11. The third-order valence-corrected chi connectivity index (χ3v) is 7.40. The van der Waals surface area contributed by atoms with Crippen molar-refractivity contribution in [2.75, 3.05) is 13.2 Å². The van der Waals surface area contributed by atoms with Crippen molar-refractivity contribution in [2.24, 2.45) is 0 Å². The Morgan fingerprint density at radius 3 is 2.47 bits per heavy atom. The molecule has 226 valence electrons. The molecule has 1 atom stereocenters. The maximum Gasteiger partial charge on any atom is 0.434 e. The number of ether oxygens (including phenoxy) is 2. The summed E-state index contributed by atoms with van der Waals surface area (Å²) in [7, 11) is 0. The lowest BCUT2D eigenvalue weighted by atomic mass is 9.87.